The van der Waals surface area contributed by atoms with Gasteiger partial charge in [0.15, 0.2) is 0 Å². The Morgan fingerprint density at radius 1 is 1.44 bits per heavy atom. The van der Waals surface area contributed by atoms with E-state index in [4.69, 9.17) is 10.5 Å². The Bertz CT molecular complexity index is 692. The predicted molar refractivity (Wildman–Crippen MR) is 105 cm³/mol. The molecule has 0 bridgehead atoms. The molecule has 5 nitrogen and oxygen atoms in total. The molecule has 3 N–H and O–H groups in total. The van der Waals surface area contributed by atoms with Crippen LogP contribution >= 0.6 is 36.2 Å². The molecule has 1 unspecified atom stereocenters. The first-order valence-electron chi connectivity index (χ1n) is 7.79. The molecular weight excluding hydrogens is 381 g/mol. The fourth-order valence-electron chi connectivity index (χ4n) is 2.36. The summed E-state index contributed by atoms with van der Waals surface area (Å²) >= 11 is 1.60. The number of nitrogens with two attached hydrogens (primary N) is 1. The van der Waals surface area contributed by atoms with Crippen molar-refractivity contribution in [3.63, 3.8) is 0 Å². The Labute approximate surface area is 164 Å². The van der Waals surface area contributed by atoms with Gasteiger partial charge in [-0.15, -0.1) is 36.2 Å². The predicted octanol–water partition coefficient (Wildman–Crippen LogP) is 3.34. The normalized spacial score (nSPS) is 14.0. The van der Waals surface area contributed by atoms with E-state index in [9.17, 15) is 4.79 Å². The maximum Gasteiger partial charge on any atom is 0.251 e. The summed E-state index contributed by atoms with van der Waals surface area (Å²) in [4.78, 5) is 16.5. The van der Waals surface area contributed by atoms with Crippen molar-refractivity contribution in [3.05, 3.63) is 45.9 Å². The van der Waals surface area contributed by atoms with E-state index in [1.54, 1.807) is 23.5 Å². The zero-order valence-corrected chi connectivity index (χ0v) is 16.4. The minimum absolute atomic E-state index is 0. The average molecular weight is 404 g/mol. The van der Waals surface area contributed by atoms with Gasteiger partial charge in [-0.05, 0) is 43.9 Å². The van der Waals surface area contributed by atoms with E-state index in [0.29, 0.717) is 30.4 Å². The highest BCUT2D eigenvalue weighted by Crippen LogP contribution is 2.31. The summed E-state index contributed by atoms with van der Waals surface area (Å²) in [6.07, 6.45) is 2.35. The number of rotatable bonds is 7. The van der Waals surface area contributed by atoms with Gasteiger partial charge in [0.2, 0.25) is 0 Å². The van der Waals surface area contributed by atoms with Crippen molar-refractivity contribution in [3.8, 4) is 5.75 Å². The lowest BCUT2D eigenvalue weighted by atomic mass is 10.1. The third kappa shape index (κ3) is 6.47. The van der Waals surface area contributed by atoms with Crippen molar-refractivity contribution in [2.24, 2.45) is 11.7 Å². The van der Waals surface area contributed by atoms with E-state index in [1.165, 1.54) is 12.8 Å². The molecule has 1 aliphatic carbocycles. The van der Waals surface area contributed by atoms with Crippen LogP contribution in [0.1, 0.15) is 33.9 Å². The summed E-state index contributed by atoms with van der Waals surface area (Å²) in [5.74, 6) is 1.12. The number of hydrogen-bond donors (Lipinski definition) is 2. The fraction of sp³-hybridized carbons (Fsp3) is 0.412. The number of nitrogens with one attached hydrogen (secondary N) is 1. The van der Waals surface area contributed by atoms with Crippen molar-refractivity contribution < 1.29 is 9.53 Å². The third-order valence-electron chi connectivity index (χ3n) is 3.88. The third-order valence-corrected chi connectivity index (χ3v) is 4.70. The van der Waals surface area contributed by atoms with Gasteiger partial charge in [-0.1, -0.05) is 6.07 Å². The molecule has 1 amide bonds. The molecule has 0 saturated heterocycles. The topological polar surface area (TPSA) is 77.2 Å². The van der Waals surface area contributed by atoms with Gasteiger partial charge in [0.25, 0.3) is 5.91 Å². The number of halogens is 2. The number of ether oxygens (including phenoxy) is 1. The van der Waals surface area contributed by atoms with Crippen molar-refractivity contribution in [2.45, 2.75) is 32.4 Å². The number of carbonyl (C=O) groups excluding carboxylic acids is 1. The molecular formula is C17H23Cl2N3O2S. The first kappa shape index (κ1) is 21.7. The molecule has 0 radical (unpaired) electrons. The number of aryl methyl sites for hydroxylation is 1. The van der Waals surface area contributed by atoms with E-state index in [0.717, 1.165) is 10.7 Å². The van der Waals surface area contributed by atoms with Gasteiger partial charge in [-0.2, -0.15) is 0 Å². The SMILES string of the molecule is Cc1nc(COc2cccc(C(=O)NCC(N)C3CC3)c2)cs1.Cl.Cl. The van der Waals surface area contributed by atoms with Crippen LogP contribution in [-0.2, 0) is 6.61 Å². The number of hydrogen-bond acceptors (Lipinski definition) is 5. The zero-order chi connectivity index (χ0) is 16.2. The van der Waals surface area contributed by atoms with Gasteiger partial charge in [0.05, 0.1) is 10.7 Å². The molecule has 8 heteroatoms. The minimum atomic E-state index is -0.115. The second-order valence-electron chi connectivity index (χ2n) is 5.89. The summed E-state index contributed by atoms with van der Waals surface area (Å²) in [6, 6.07) is 7.24. The molecule has 138 valence electrons. The van der Waals surface area contributed by atoms with Crippen LogP contribution in [0.5, 0.6) is 5.75 Å². The zero-order valence-electron chi connectivity index (χ0n) is 13.9. The highest BCUT2D eigenvalue weighted by molar-refractivity contribution is 7.09. The van der Waals surface area contributed by atoms with Gasteiger partial charge in [-0.25, -0.2) is 4.98 Å². The Balaban J connectivity index is 0.00000156. The van der Waals surface area contributed by atoms with Crippen LogP contribution in [0, 0.1) is 12.8 Å². The lowest BCUT2D eigenvalue weighted by Crippen LogP contribution is -2.38. The van der Waals surface area contributed by atoms with Crippen LogP contribution < -0.4 is 15.8 Å². The average Bonchev–Trinajstić information content (AvgIpc) is 3.33. The van der Waals surface area contributed by atoms with Gasteiger partial charge in [0.1, 0.15) is 12.4 Å². The standard InChI is InChI=1S/C17H21N3O2S.2ClH/c1-11-20-14(10-23-11)9-22-15-4-2-3-13(7-15)17(21)19-8-16(18)12-5-6-12;;/h2-4,7,10,12,16H,5-6,8-9,18H2,1H3,(H,19,21);2*1H. The van der Waals surface area contributed by atoms with Crippen molar-refractivity contribution >= 4 is 42.1 Å². The van der Waals surface area contributed by atoms with Crippen LogP contribution in [-0.4, -0.2) is 23.5 Å². The van der Waals surface area contributed by atoms with Crippen molar-refractivity contribution in [1.82, 2.24) is 10.3 Å². The first-order valence-corrected chi connectivity index (χ1v) is 8.67. The second kappa shape index (κ2) is 9.97. The van der Waals surface area contributed by atoms with Crippen LogP contribution in [0.3, 0.4) is 0 Å². The van der Waals surface area contributed by atoms with Crippen LogP contribution in [0.15, 0.2) is 29.6 Å². The minimum Gasteiger partial charge on any atom is -0.487 e. The Morgan fingerprint density at radius 2 is 2.20 bits per heavy atom. The van der Waals surface area contributed by atoms with Gasteiger partial charge in [-0.3, -0.25) is 4.79 Å². The fourth-order valence-corrected chi connectivity index (χ4v) is 2.96. The molecule has 25 heavy (non-hydrogen) atoms. The summed E-state index contributed by atoms with van der Waals surface area (Å²) in [6.45, 7) is 2.89. The molecule has 1 heterocycles. The number of carbonyl (C=O) groups is 1. The molecule has 0 aliphatic heterocycles. The monoisotopic (exact) mass is 403 g/mol. The molecule has 1 aromatic heterocycles. The first-order chi connectivity index (χ1) is 11.1. The molecule has 1 fully saturated rings. The summed E-state index contributed by atoms with van der Waals surface area (Å²) in [7, 11) is 0. The molecule has 1 saturated carbocycles. The quantitative estimate of drug-likeness (QED) is 0.742. The van der Waals surface area contributed by atoms with Gasteiger partial charge >= 0.3 is 0 Å². The Kier molecular flexibility index (Phi) is 8.65. The summed E-state index contributed by atoms with van der Waals surface area (Å²) < 4.78 is 5.71. The maximum absolute atomic E-state index is 12.2. The van der Waals surface area contributed by atoms with Crippen LogP contribution in [0.2, 0.25) is 0 Å². The highest BCUT2D eigenvalue weighted by atomic mass is 35.5. The Morgan fingerprint density at radius 3 is 2.84 bits per heavy atom. The molecule has 1 atom stereocenters. The molecule has 1 aromatic carbocycles. The van der Waals surface area contributed by atoms with E-state index >= 15 is 0 Å². The van der Waals surface area contributed by atoms with Crippen molar-refractivity contribution in [2.75, 3.05) is 6.54 Å². The van der Waals surface area contributed by atoms with Crippen LogP contribution in [0.25, 0.3) is 0 Å². The summed E-state index contributed by atoms with van der Waals surface area (Å²) in [5, 5.41) is 5.89. The number of nitrogens with zero attached hydrogens (tertiary/aromatic N) is 1. The van der Waals surface area contributed by atoms with Crippen LogP contribution in [0.4, 0.5) is 0 Å². The summed E-state index contributed by atoms with van der Waals surface area (Å²) in [5.41, 5.74) is 7.49. The van der Waals surface area contributed by atoms with E-state index in [2.05, 4.69) is 10.3 Å². The highest BCUT2D eigenvalue weighted by Gasteiger charge is 2.28. The number of benzene rings is 1. The molecule has 0 spiro atoms. The molecule has 1 aliphatic rings. The van der Waals surface area contributed by atoms with E-state index in [1.807, 2.05) is 24.4 Å². The number of thiazole rings is 1. The Hall–Kier alpha value is -1.34. The lowest BCUT2D eigenvalue weighted by molar-refractivity contribution is 0.0950. The van der Waals surface area contributed by atoms with Crippen molar-refractivity contribution in [1.29, 1.82) is 0 Å². The molecule has 2 aromatic rings. The van der Waals surface area contributed by atoms with Gasteiger partial charge < -0.3 is 15.8 Å². The number of amides is 1. The second-order valence-corrected chi connectivity index (χ2v) is 6.95. The smallest absolute Gasteiger partial charge is 0.251 e. The molecule has 3 rings (SSSR count). The van der Waals surface area contributed by atoms with E-state index < -0.39 is 0 Å². The lowest BCUT2D eigenvalue weighted by Gasteiger charge is -2.12. The van der Waals surface area contributed by atoms with Gasteiger partial charge in [0, 0.05) is 23.5 Å². The van der Waals surface area contributed by atoms with E-state index in [-0.39, 0.29) is 36.8 Å². The largest absolute Gasteiger partial charge is 0.487 e. The number of aromatic nitrogens is 1. The maximum atomic E-state index is 12.2.